The Bertz CT molecular complexity index is 1140. The molecule has 0 atom stereocenters. The Morgan fingerprint density at radius 3 is 2.48 bits per heavy atom. The van der Waals surface area contributed by atoms with Gasteiger partial charge in [-0.15, -0.1) is 11.3 Å². The molecule has 7 heteroatoms. The molecule has 1 aliphatic rings. The fraction of sp³-hybridized carbons (Fsp3) is 0.0909. The van der Waals surface area contributed by atoms with Gasteiger partial charge in [-0.3, -0.25) is 9.59 Å². The van der Waals surface area contributed by atoms with Crippen LogP contribution in [0.1, 0.15) is 10.4 Å². The van der Waals surface area contributed by atoms with Crippen LogP contribution in [0, 0.1) is 6.92 Å². The lowest BCUT2D eigenvalue weighted by molar-refractivity contribution is -0.120. The first-order valence-electron chi connectivity index (χ1n) is 8.84. The SMILES string of the molecule is COc1ccc(NC2=C(c3cccs3)C(=O)N(c3ccccc3C)C2=O)cc1Cl. The third kappa shape index (κ3) is 3.41. The van der Waals surface area contributed by atoms with Crippen molar-refractivity contribution in [1.82, 2.24) is 0 Å². The molecular formula is C22H17ClN2O3S. The second-order valence-electron chi connectivity index (χ2n) is 6.43. The Labute approximate surface area is 177 Å². The molecule has 5 nitrogen and oxygen atoms in total. The van der Waals surface area contributed by atoms with E-state index < -0.39 is 5.91 Å². The van der Waals surface area contributed by atoms with Crippen LogP contribution in [-0.4, -0.2) is 18.9 Å². The molecule has 3 aromatic rings. The molecule has 0 fully saturated rings. The third-order valence-electron chi connectivity index (χ3n) is 4.63. The van der Waals surface area contributed by atoms with Crippen molar-refractivity contribution in [3.8, 4) is 5.75 Å². The van der Waals surface area contributed by atoms with E-state index in [4.69, 9.17) is 16.3 Å². The number of carbonyl (C=O) groups is 2. The number of ether oxygens (including phenoxy) is 1. The fourth-order valence-electron chi connectivity index (χ4n) is 3.22. The summed E-state index contributed by atoms with van der Waals surface area (Å²) in [5.41, 5.74) is 2.57. The highest BCUT2D eigenvalue weighted by Gasteiger charge is 2.41. The minimum atomic E-state index is -0.403. The standard InChI is InChI=1S/C22H17ClN2O3S/c1-13-6-3-4-7-16(13)25-21(26)19(18-8-5-11-29-18)20(22(25)27)24-14-9-10-17(28-2)15(23)12-14/h3-12,24H,1-2H3. The summed E-state index contributed by atoms with van der Waals surface area (Å²) in [5, 5.41) is 5.38. The number of rotatable bonds is 5. The molecule has 4 rings (SSSR count). The molecule has 0 unspecified atom stereocenters. The first-order valence-corrected chi connectivity index (χ1v) is 10.1. The molecule has 2 heterocycles. The van der Waals surface area contributed by atoms with Crippen molar-refractivity contribution in [2.75, 3.05) is 17.3 Å². The second-order valence-corrected chi connectivity index (χ2v) is 7.79. The van der Waals surface area contributed by atoms with Crippen LogP contribution in [0.25, 0.3) is 5.57 Å². The predicted octanol–water partition coefficient (Wildman–Crippen LogP) is 5.12. The second kappa shape index (κ2) is 7.73. The zero-order chi connectivity index (χ0) is 20.5. The van der Waals surface area contributed by atoms with Crippen LogP contribution in [0.15, 0.2) is 65.7 Å². The topological polar surface area (TPSA) is 58.6 Å². The number of carbonyl (C=O) groups excluding carboxylic acids is 2. The number of hydrogen-bond acceptors (Lipinski definition) is 5. The van der Waals surface area contributed by atoms with E-state index in [2.05, 4.69) is 5.32 Å². The lowest BCUT2D eigenvalue weighted by Gasteiger charge is -2.17. The van der Waals surface area contributed by atoms with Gasteiger partial charge in [-0.25, -0.2) is 4.90 Å². The Kier molecular flexibility index (Phi) is 5.13. The summed E-state index contributed by atoms with van der Waals surface area (Å²) in [5.74, 6) is -0.228. The molecule has 0 bridgehead atoms. The number of nitrogens with one attached hydrogen (secondary N) is 1. The lowest BCUT2D eigenvalue weighted by Crippen LogP contribution is -2.32. The number of nitrogens with zero attached hydrogens (tertiary/aromatic N) is 1. The maximum absolute atomic E-state index is 13.3. The van der Waals surface area contributed by atoms with Gasteiger partial charge in [0.25, 0.3) is 11.8 Å². The molecule has 0 saturated carbocycles. The van der Waals surface area contributed by atoms with E-state index in [0.29, 0.717) is 27.7 Å². The van der Waals surface area contributed by atoms with Crippen LogP contribution < -0.4 is 15.0 Å². The summed E-state index contributed by atoms with van der Waals surface area (Å²) in [6, 6.07) is 16.1. The molecular weight excluding hydrogens is 408 g/mol. The van der Waals surface area contributed by atoms with Crippen molar-refractivity contribution in [1.29, 1.82) is 0 Å². The highest BCUT2D eigenvalue weighted by Crippen LogP contribution is 2.37. The van der Waals surface area contributed by atoms with Gasteiger partial charge >= 0.3 is 0 Å². The lowest BCUT2D eigenvalue weighted by atomic mass is 10.1. The van der Waals surface area contributed by atoms with Crippen LogP contribution in [0.2, 0.25) is 5.02 Å². The molecule has 2 amide bonds. The smallest absolute Gasteiger partial charge is 0.282 e. The zero-order valence-corrected chi connectivity index (χ0v) is 17.3. The molecule has 1 aromatic heterocycles. The number of hydrogen-bond donors (Lipinski definition) is 1. The number of para-hydroxylation sites is 1. The van der Waals surface area contributed by atoms with E-state index in [1.807, 2.05) is 42.6 Å². The summed E-state index contributed by atoms with van der Waals surface area (Å²) in [7, 11) is 1.53. The van der Waals surface area contributed by atoms with Gasteiger partial charge in [0, 0.05) is 10.6 Å². The summed E-state index contributed by atoms with van der Waals surface area (Å²) < 4.78 is 5.18. The molecule has 1 N–H and O–H groups in total. The summed E-state index contributed by atoms with van der Waals surface area (Å²) in [6.07, 6.45) is 0. The largest absolute Gasteiger partial charge is 0.495 e. The van der Waals surface area contributed by atoms with Crippen LogP contribution in [-0.2, 0) is 9.59 Å². The maximum Gasteiger partial charge on any atom is 0.282 e. The van der Waals surface area contributed by atoms with Crippen molar-refractivity contribution in [3.63, 3.8) is 0 Å². The Morgan fingerprint density at radius 1 is 1.03 bits per heavy atom. The van der Waals surface area contributed by atoms with E-state index in [9.17, 15) is 9.59 Å². The van der Waals surface area contributed by atoms with Crippen LogP contribution in [0.3, 0.4) is 0 Å². The van der Waals surface area contributed by atoms with Gasteiger partial charge in [0.2, 0.25) is 0 Å². The summed E-state index contributed by atoms with van der Waals surface area (Å²) >= 11 is 7.63. The van der Waals surface area contributed by atoms with Crippen LogP contribution in [0.4, 0.5) is 11.4 Å². The minimum Gasteiger partial charge on any atom is -0.495 e. The average molecular weight is 425 g/mol. The van der Waals surface area contributed by atoms with Crippen LogP contribution >= 0.6 is 22.9 Å². The van der Waals surface area contributed by atoms with Crippen molar-refractivity contribution in [2.24, 2.45) is 0 Å². The number of benzene rings is 2. The van der Waals surface area contributed by atoms with Gasteiger partial charge in [0.1, 0.15) is 11.4 Å². The zero-order valence-electron chi connectivity index (χ0n) is 15.7. The van der Waals surface area contributed by atoms with E-state index >= 15 is 0 Å². The van der Waals surface area contributed by atoms with E-state index in [1.165, 1.54) is 23.3 Å². The molecule has 146 valence electrons. The highest BCUT2D eigenvalue weighted by atomic mass is 35.5. The third-order valence-corrected chi connectivity index (χ3v) is 5.81. The van der Waals surface area contributed by atoms with Crippen molar-refractivity contribution in [3.05, 3.63) is 81.1 Å². The molecule has 1 aliphatic heterocycles. The maximum atomic E-state index is 13.3. The highest BCUT2D eigenvalue weighted by molar-refractivity contribution is 7.11. The molecule has 29 heavy (non-hydrogen) atoms. The molecule has 0 spiro atoms. The Hall–Kier alpha value is -3.09. The quantitative estimate of drug-likeness (QED) is 0.578. The normalized spacial score (nSPS) is 14.0. The molecule has 0 saturated heterocycles. The monoisotopic (exact) mass is 424 g/mol. The van der Waals surface area contributed by atoms with E-state index in [-0.39, 0.29) is 11.6 Å². The number of anilines is 2. The summed E-state index contributed by atoms with van der Waals surface area (Å²) in [6.45, 7) is 1.87. The fourth-order valence-corrected chi connectivity index (χ4v) is 4.24. The number of aryl methyl sites for hydroxylation is 1. The molecule has 0 radical (unpaired) electrons. The Morgan fingerprint density at radius 2 is 1.83 bits per heavy atom. The van der Waals surface area contributed by atoms with Crippen LogP contribution in [0.5, 0.6) is 5.75 Å². The van der Waals surface area contributed by atoms with Gasteiger partial charge in [0.05, 0.1) is 23.4 Å². The first-order chi connectivity index (χ1) is 14.0. The van der Waals surface area contributed by atoms with Crippen molar-refractivity contribution >= 4 is 51.7 Å². The first kappa shape index (κ1) is 19.2. The predicted molar refractivity (Wildman–Crippen MR) is 117 cm³/mol. The molecule has 0 aliphatic carbocycles. The van der Waals surface area contributed by atoms with Gasteiger partial charge in [-0.1, -0.05) is 35.9 Å². The van der Waals surface area contributed by atoms with Gasteiger partial charge < -0.3 is 10.1 Å². The number of methoxy groups -OCH3 is 1. The van der Waals surface area contributed by atoms with Gasteiger partial charge in [-0.2, -0.15) is 0 Å². The minimum absolute atomic E-state index is 0.224. The van der Waals surface area contributed by atoms with E-state index in [1.54, 1.807) is 24.3 Å². The van der Waals surface area contributed by atoms with Gasteiger partial charge in [-0.05, 0) is 48.2 Å². The Balaban J connectivity index is 1.80. The van der Waals surface area contributed by atoms with Gasteiger partial charge in [0.15, 0.2) is 0 Å². The van der Waals surface area contributed by atoms with Crippen molar-refractivity contribution in [2.45, 2.75) is 6.92 Å². The van der Waals surface area contributed by atoms with Crippen molar-refractivity contribution < 1.29 is 14.3 Å². The number of thiophene rings is 1. The summed E-state index contributed by atoms with van der Waals surface area (Å²) in [4.78, 5) is 28.6. The number of halogens is 1. The number of amides is 2. The average Bonchev–Trinajstić information content (AvgIpc) is 3.30. The number of imide groups is 1. The van der Waals surface area contributed by atoms with E-state index in [0.717, 1.165) is 10.4 Å². The molecule has 2 aromatic carbocycles.